The number of aromatic nitrogens is 3. The summed E-state index contributed by atoms with van der Waals surface area (Å²) >= 11 is 7.79. The lowest BCUT2D eigenvalue weighted by Gasteiger charge is -2.20. The first-order valence-corrected chi connectivity index (χ1v) is 11.2. The van der Waals surface area contributed by atoms with Crippen molar-refractivity contribution in [1.82, 2.24) is 14.5 Å². The standard InChI is InChI=1S/C23H23ClN4O2S/c1-16-19(24)8-9-20-22(16)26-23(31-20)28(12-3-11-27-13-10-25-15-27)21(29)14-17-4-6-18(30-2)7-5-17/h4-10,13,15H,3,11-12,14H2,1-2H3. The molecule has 2 aromatic carbocycles. The molecule has 6 nitrogen and oxygen atoms in total. The van der Waals surface area contributed by atoms with Gasteiger partial charge in [-0.1, -0.05) is 35.1 Å². The van der Waals surface area contributed by atoms with Gasteiger partial charge in [0.25, 0.3) is 0 Å². The first kappa shape index (κ1) is 21.3. The van der Waals surface area contributed by atoms with E-state index in [9.17, 15) is 4.79 Å². The molecule has 0 spiro atoms. The highest BCUT2D eigenvalue weighted by atomic mass is 35.5. The van der Waals surface area contributed by atoms with Gasteiger partial charge in [-0.2, -0.15) is 0 Å². The highest BCUT2D eigenvalue weighted by Crippen LogP contribution is 2.34. The van der Waals surface area contributed by atoms with Crippen LogP contribution in [0.5, 0.6) is 5.75 Å². The molecule has 0 aliphatic rings. The van der Waals surface area contributed by atoms with E-state index in [4.69, 9.17) is 21.3 Å². The van der Waals surface area contributed by atoms with Gasteiger partial charge in [0.1, 0.15) is 5.75 Å². The first-order chi connectivity index (χ1) is 15.0. The van der Waals surface area contributed by atoms with Gasteiger partial charge in [0.2, 0.25) is 5.91 Å². The topological polar surface area (TPSA) is 60.2 Å². The van der Waals surface area contributed by atoms with Crippen LogP contribution < -0.4 is 9.64 Å². The van der Waals surface area contributed by atoms with Crippen molar-refractivity contribution >= 4 is 44.2 Å². The zero-order chi connectivity index (χ0) is 21.8. The molecule has 0 saturated heterocycles. The Hall–Kier alpha value is -2.90. The Balaban J connectivity index is 1.58. The number of carbonyl (C=O) groups is 1. The molecular weight excluding hydrogens is 432 g/mol. The van der Waals surface area contributed by atoms with Crippen LogP contribution in [0.15, 0.2) is 55.1 Å². The van der Waals surface area contributed by atoms with Crippen LogP contribution in [0.1, 0.15) is 17.5 Å². The number of halogens is 1. The molecule has 0 aliphatic carbocycles. The minimum Gasteiger partial charge on any atom is -0.497 e. The minimum absolute atomic E-state index is 0.0126. The number of benzene rings is 2. The van der Waals surface area contributed by atoms with Crippen molar-refractivity contribution in [3.63, 3.8) is 0 Å². The van der Waals surface area contributed by atoms with Crippen LogP contribution in [0, 0.1) is 6.92 Å². The van der Waals surface area contributed by atoms with Crippen LogP contribution in [0.3, 0.4) is 0 Å². The van der Waals surface area contributed by atoms with E-state index >= 15 is 0 Å². The summed E-state index contributed by atoms with van der Waals surface area (Å²) in [4.78, 5) is 24.0. The normalized spacial score (nSPS) is 11.1. The third kappa shape index (κ3) is 4.89. The Morgan fingerprint density at radius 1 is 1.23 bits per heavy atom. The van der Waals surface area contributed by atoms with Gasteiger partial charge in [-0.05, 0) is 48.7 Å². The SMILES string of the molecule is COc1ccc(CC(=O)N(CCCn2ccnc2)c2nc3c(C)c(Cl)ccc3s2)cc1. The second kappa shape index (κ2) is 9.49. The summed E-state index contributed by atoms with van der Waals surface area (Å²) in [6.45, 7) is 3.30. The smallest absolute Gasteiger partial charge is 0.233 e. The summed E-state index contributed by atoms with van der Waals surface area (Å²) in [6, 6.07) is 11.4. The zero-order valence-corrected chi connectivity index (χ0v) is 19.0. The second-order valence-electron chi connectivity index (χ2n) is 7.24. The van der Waals surface area contributed by atoms with Gasteiger partial charge in [0.05, 0.1) is 30.1 Å². The highest BCUT2D eigenvalue weighted by Gasteiger charge is 2.21. The average molecular weight is 455 g/mol. The van der Waals surface area contributed by atoms with E-state index in [-0.39, 0.29) is 5.91 Å². The van der Waals surface area contributed by atoms with Gasteiger partial charge >= 0.3 is 0 Å². The number of ether oxygens (including phenoxy) is 1. The second-order valence-corrected chi connectivity index (χ2v) is 8.66. The maximum Gasteiger partial charge on any atom is 0.233 e. The van der Waals surface area contributed by atoms with Crippen LogP contribution in [-0.2, 0) is 17.8 Å². The summed E-state index contributed by atoms with van der Waals surface area (Å²) in [7, 11) is 1.63. The fourth-order valence-corrected chi connectivity index (χ4v) is 4.60. The van der Waals surface area contributed by atoms with Crippen molar-refractivity contribution < 1.29 is 9.53 Å². The summed E-state index contributed by atoms with van der Waals surface area (Å²) < 4.78 is 8.24. The summed E-state index contributed by atoms with van der Waals surface area (Å²) in [6.07, 6.45) is 6.55. The van der Waals surface area contributed by atoms with E-state index in [2.05, 4.69) is 4.98 Å². The van der Waals surface area contributed by atoms with Gasteiger partial charge in [0, 0.05) is 30.5 Å². The van der Waals surface area contributed by atoms with Crippen LogP contribution >= 0.6 is 22.9 Å². The van der Waals surface area contributed by atoms with E-state index in [1.807, 2.05) is 54.1 Å². The zero-order valence-electron chi connectivity index (χ0n) is 17.4. The molecule has 0 radical (unpaired) electrons. The van der Waals surface area contributed by atoms with Crippen LogP contribution in [-0.4, -0.2) is 34.1 Å². The Bertz CT molecular complexity index is 1170. The molecule has 8 heteroatoms. The average Bonchev–Trinajstić information content (AvgIpc) is 3.44. The number of carbonyl (C=O) groups excluding carboxylic acids is 1. The van der Waals surface area contributed by atoms with Crippen LogP contribution in [0.4, 0.5) is 5.13 Å². The molecular formula is C23H23ClN4O2S. The third-order valence-electron chi connectivity index (χ3n) is 5.14. The molecule has 0 atom stereocenters. The number of hydrogen-bond donors (Lipinski definition) is 0. The molecule has 31 heavy (non-hydrogen) atoms. The molecule has 0 bridgehead atoms. The van der Waals surface area contributed by atoms with Gasteiger partial charge in [-0.3, -0.25) is 9.69 Å². The largest absolute Gasteiger partial charge is 0.497 e. The lowest BCUT2D eigenvalue weighted by atomic mass is 10.1. The number of anilines is 1. The van der Waals surface area contributed by atoms with Crippen molar-refractivity contribution in [1.29, 1.82) is 0 Å². The number of aryl methyl sites for hydroxylation is 2. The molecule has 2 heterocycles. The quantitative estimate of drug-likeness (QED) is 0.370. The molecule has 0 unspecified atom stereocenters. The lowest BCUT2D eigenvalue weighted by molar-refractivity contribution is -0.118. The summed E-state index contributed by atoms with van der Waals surface area (Å²) in [5, 5.41) is 1.38. The predicted octanol–water partition coefficient (Wildman–Crippen LogP) is 5.13. The van der Waals surface area contributed by atoms with Gasteiger partial charge in [-0.25, -0.2) is 9.97 Å². The monoisotopic (exact) mass is 454 g/mol. The van der Waals surface area contributed by atoms with E-state index in [0.717, 1.165) is 40.1 Å². The van der Waals surface area contributed by atoms with E-state index in [1.165, 1.54) is 11.3 Å². The number of rotatable bonds is 8. The lowest BCUT2D eigenvalue weighted by Crippen LogP contribution is -2.33. The summed E-state index contributed by atoms with van der Waals surface area (Å²) in [5.74, 6) is 0.783. The fraction of sp³-hybridized carbons (Fsp3) is 0.261. The third-order valence-corrected chi connectivity index (χ3v) is 6.59. The Labute approximate surface area is 190 Å². The van der Waals surface area contributed by atoms with E-state index in [1.54, 1.807) is 24.5 Å². The molecule has 4 aromatic rings. The number of fused-ring (bicyclic) bond motifs is 1. The fourth-order valence-electron chi connectivity index (χ4n) is 3.38. The molecule has 0 N–H and O–H groups in total. The van der Waals surface area contributed by atoms with Crippen LogP contribution in [0.2, 0.25) is 5.02 Å². The molecule has 1 amide bonds. The predicted molar refractivity (Wildman–Crippen MR) is 125 cm³/mol. The van der Waals surface area contributed by atoms with Gasteiger partial charge in [-0.15, -0.1) is 0 Å². The van der Waals surface area contributed by atoms with Crippen molar-refractivity contribution in [3.05, 3.63) is 71.3 Å². The van der Waals surface area contributed by atoms with Crippen molar-refractivity contribution in [2.24, 2.45) is 0 Å². The Morgan fingerprint density at radius 3 is 2.74 bits per heavy atom. The van der Waals surface area contributed by atoms with E-state index < -0.39 is 0 Å². The Morgan fingerprint density at radius 2 is 2.03 bits per heavy atom. The first-order valence-electron chi connectivity index (χ1n) is 10.00. The maximum absolute atomic E-state index is 13.3. The number of amides is 1. The Kier molecular flexibility index (Phi) is 6.53. The van der Waals surface area contributed by atoms with E-state index in [0.29, 0.717) is 23.1 Å². The van der Waals surface area contributed by atoms with Gasteiger partial charge < -0.3 is 9.30 Å². The molecule has 4 rings (SSSR count). The van der Waals surface area contributed by atoms with Crippen molar-refractivity contribution in [2.45, 2.75) is 26.3 Å². The molecule has 2 aromatic heterocycles. The van der Waals surface area contributed by atoms with Crippen LogP contribution in [0.25, 0.3) is 10.2 Å². The molecule has 0 fully saturated rings. The highest BCUT2D eigenvalue weighted by molar-refractivity contribution is 7.22. The minimum atomic E-state index is 0.0126. The number of nitrogens with zero attached hydrogens (tertiary/aromatic N) is 4. The number of hydrogen-bond acceptors (Lipinski definition) is 5. The maximum atomic E-state index is 13.3. The number of thiazole rings is 1. The van der Waals surface area contributed by atoms with Crippen molar-refractivity contribution in [3.8, 4) is 5.75 Å². The molecule has 160 valence electrons. The molecule has 0 saturated carbocycles. The van der Waals surface area contributed by atoms with Gasteiger partial charge in [0.15, 0.2) is 5.13 Å². The number of imidazole rings is 1. The molecule has 0 aliphatic heterocycles. The van der Waals surface area contributed by atoms with Crippen molar-refractivity contribution in [2.75, 3.05) is 18.6 Å². The summed E-state index contributed by atoms with van der Waals surface area (Å²) in [5.41, 5.74) is 2.72. The number of methoxy groups -OCH3 is 1.